The molecule has 82 valence electrons. The van der Waals surface area contributed by atoms with Crippen LogP contribution in [-0.2, 0) is 4.79 Å². The van der Waals surface area contributed by atoms with Crippen LogP contribution in [0.5, 0.6) is 0 Å². The average Bonchev–Trinajstić information content (AvgIpc) is 2.35. The van der Waals surface area contributed by atoms with Crippen molar-refractivity contribution < 1.29 is 4.79 Å². The van der Waals surface area contributed by atoms with Gasteiger partial charge in [-0.15, -0.1) is 23.4 Å². The Morgan fingerprint density at radius 2 is 2.12 bits per heavy atom. The third kappa shape index (κ3) is 2.54. The number of rotatable bonds is 4. The number of aromatic nitrogens is 1. The molecule has 0 N–H and O–H groups in total. The zero-order chi connectivity index (χ0) is 11.4. The predicted octanol–water partition coefficient (Wildman–Crippen LogP) is 3.13. The van der Waals surface area contributed by atoms with E-state index in [0.29, 0.717) is 5.75 Å². The van der Waals surface area contributed by atoms with Gasteiger partial charge in [-0.2, -0.15) is 0 Å². The molecule has 0 atom stereocenters. The number of benzene rings is 1. The monoisotopic (exact) mass is 251 g/mol. The minimum atomic E-state index is 0.0413. The summed E-state index contributed by atoms with van der Waals surface area (Å²) in [5, 5.41) is 1.09. The first-order chi connectivity index (χ1) is 7.81. The van der Waals surface area contributed by atoms with Gasteiger partial charge in [-0.1, -0.05) is 18.2 Å². The molecule has 2 rings (SSSR count). The number of para-hydroxylation sites is 1. The van der Waals surface area contributed by atoms with Crippen molar-refractivity contribution in [1.29, 1.82) is 0 Å². The first-order valence-corrected chi connectivity index (χ1v) is 6.37. The van der Waals surface area contributed by atoms with Crippen LogP contribution in [0.25, 0.3) is 10.9 Å². The lowest BCUT2D eigenvalue weighted by atomic mass is 10.2. The molecule has 0 bridgehead atoms. The molecule has 2 nitrogen and oxygen atoms in total. The first-order valence-electron chi connectivity index (χ1n) is 4.85. The van der Waals surface area contributed by atoms with Crippen molar-refractivity contribution in [2.75, 3.05) is 11.6 Å². The zero-order valence-electron chi connectivity index (χ0n) is 8.52. The third-order valence-corrected chi connectivity index (χ3v) is 3.54. The molecule has 0 radical (unpaired) electrons. The van der Waals surface area contributed by atoms with E-state index < -0.39 is 0 Å². The second kappa shape index (κ2) is 5.32. The number of nitrogens with zero attached hydrogens (tertiary/aromatic N) is 1. The molecule has 0 spiro atoms. The summed E-state index contributed by atoms with van der Waals surface area (Å²) in [6.07, 6.45) is 1.76. The number of alkyl halides is 1. The van der Waals surface area contributed by atoms with E-state index in [0.717, 1.165) is 15.8 Å². The van der Waals surface area contributed by atoms with Crippen molar-refractivity contribution in [3.63, 3.8) is 0 Å². The lowest BCUT2D eigenvalue weighted by molar-refractivity contribution is -0.114. The highest BCUT2D eigenvalue weighted by molar-refractivity contribution is 8.00. The lowest BCUT2D eigenvalue weighted by Gasteiger charge is -2.03. The van der Waals surface area contributed by atoms with Crippen molar-refractivity contribution in [3.8, 4) is 0 Å². The molecule has 0 fully saturated rings. The Balaban J connectivity index is 2.27. The van der Waals surface area contributed by atoms with E-state index in [1.165, 1.54) is 11.8 Å². The van der Waals surface area contributed by atoms with Gasteiger partial charge in [0.05, 0.1) is 17.1 Å². The van der Waals surface area contributed by atoms with Crippen molar-refractivity contribution >= 4 is 40.0 Å². The van der Waals surface area contributed by atoms with Gasteiger partial charge in [0.1, 0.15) is 0 Å². The van der Waals surface area contributed by atoms with Crippen LogP contribution in [-0.4, -0.2) is 22.4 Å². The maximum Gasteiger partial charge on any atom is 0.157 e. The Morgan fingerprint density at radius 3 is 2.94 bits per heavy atom. The van der Waals surface area contributed by atoms with Crippen LogP contribution in [0.1, 0.15) is 0 Å². The number of Topliss-reactive ketones (excluding diaryl/α,β-unsaturated/α-hetero) is 1. The van der Waals surface area contributed by atoms with Crippen LogP contribution < -0.4 is 0 Å². The van der Waals surface area contributed by atoms with Crippen LogP contribution in [0.2, 0.25) is 0 Å². The molecule has 0 saturated heterocycles. The maximum atomic E-state index is 11.1. The van der Waals surface area contributed by atoms with E-state index in [9.17, 15) is 4.79 Å². The molecule has 0 saturated carbocycles. The van der Waals surface area contributed by atoms with E-state index >= 15 is 0 Å². The number of thioether (sulfide) groups is 1. The Morgan fingerprint density at radius 1 is 1.31 bits per heavy atom. The quantitative estimate of drug-likeness (QED) is 0.618. The molecule has 16 heavy (non-hydrogen) atoms. The Labute approximate surface area is 103 Å². The van der Waals surface area contributed by atoms with Crippen molar-refractivity contribution in [3.05, 3.63) is 36.5 Å². The van der Waals surface area contributed by atoms with Gasteiger partial charge < -0.3 is 0 Å². The van der Waals surface area contributed by atoms with Crippen LogP contribution in [0.4, 0.5) is 0 Å². The van der Waals surface area contributed by atoms with Crippen molar-refractivity contribution in [2.45, 2.75) is 4.90 Å². The van der Waals surface area contributed by atoms with Crippen molar-refractivity contribution in [2.24, 2.45) is 0 Å². The summed E-state index contributed by atoms with van der Waals surface area (Å²) in [4.78, 5) is 16.5. The van der Waals surface area contributed by atoms with Gasteiger partial charge in [-0.25, -0.2) is 0 Å². The normalized spacial score (nSPS) is 10.6. The summed E-state index contributed by atoms with van der Waals surface area (Å²) in [5.74, 6) is 0.518. The van der Waals surface area contributed by atoms with E-state index in [4.69, 9.17) is 11.6 Å². The van der Waals surface area contributed by atoms with Gasteiger partial charge in [0.2, 0.25) is 0 Å². The number of pyridine rings is 1. The minimum Gasteiger partial charge on any atom is -0.297 e. The Kier molecular flexibility index (Phi) is 3.80. The fraction of sp³-hybridized carbons (Fsp3) is 0.167. The summed E-state index contributed by atoms with van der Waals surface area (Å²) in [6, 6.07) is 9.87. The van der Waals surface area contributed by atoms with E-state index in [1.54, 1.807) is 6.20 Å². The number of carbonyl (C=O) groups is 1. The number of hydrogen-bond acceptors (Lipinski definition) is 3. The topological polar surface area (TPSA) is 30.0 Å². The van der Waals surface area contributed by atoms with Gasteiger partial charge in [0.25, 0.3) is 0 Å². The molecular formula is C12H10ClNOS. The molecule has 0 aliphatic heterocycles. The lowest BCUT2D eigenvalue weighted by Crippen LogP contribution is -2.02. The fourth-order valence-electron chi connectivity index (χ4n) is 1.39. The SMILES string of the molecule is O=C(CCl)CSc1cccc2cccnc12. The van der Waals surface area contributed by atoms with Gasteiger partial charge in [0, 0.05) is 16.5 Å². The van der Waals surface area contributed by atoms with Gasteiger partial charge in [-0.3, -0.25) is 9.78 Å². The van der Waals surface area contributed by atoms with E-state index in [-0.39, 0.29) is 11.7 Å². The third-order valence-electron chi connectivity index (χ3n) is 2.13. The van der Waals surface area contributed by atoms with Crippen LogP contribution in [0, 0.1) is 0 Å². The van der Waals surface area contributed by atoms with Crippen LogP contribution >= 0.6 is 23.4 Å². The highest BCUT2D eigenvalue weighted by Crippen LogP contribution is 2.25. The molecular weight excluding hydrogens is 242 g/mol. The van der Waals surface area contributed by atoms with Gasteiger partial charge in [0.15, 0.2) is 5.78 Å². The average molecular weight is 252 g/mol. The fourth-order valence-corrected chi connectivity index (χ4v) is 2.50. The summed E-state index contributed by atoms with van der Waals surface area (Å²) in [6.45, 7) is 0. The van der Waals surface area contributed by atoms with E-state index in [1.807, 2.05) is 30.3 Å². The Hall–Kier alpha value is -1.06. The molecule has 1 aromatic heterocycles. The van der Waals surface area contributed by atoms with Gasteiger partial charge in [-0.05, 0) is 12.1 Å². The summed E-state index contributed by atoms with van der Waals surface area (Å²) >= 11 is 6.94. The summed E-state index contributed by atoms with van der Waals surface area (Å²) in [7, 11) is 0. The molecule has 0 aliphatic carbocycles. The molecule has 0 amide bonds. The molecule has 0 unspecified atom stereocenters. The molecule has 1 heterocycles. The van der Waals surface area contributed by atoms with Crippen molar-refractivity contribution in [1.82, 2.24) is 4.98 Å². The zero-order valence-corrected chi connectivity index (χ0v) is 10.1. The second-order valence-electron chi connectivity index (χ2n) is 3.29. The summed E-state index contributed by atoms with van der Waals surface area (Å²) in [5.41, 5.74) is 0.942. The standard InChI is InChI=1S/C12H10ClNOS/c13-7-10(15)8-16-11-5-1-3-9-4-2-6-14-12(9)11/h1-6H,7-8H2. The predicted molar refractivity (Wildman–Crippen MR) is 68.2 cm³/mol. The van der Waals surface area contributed by atoms with Gasteiger partial charge >= 0.3 is 0 Å². The number of hydrogen-bond donors (Lipinski definition) is 0. The molecule has 0 aliphatic rings. The summed E-state index contributed by atoms with van der Waals surface area (Å²) < 4.78 is 0. The highest BCUT2D eigenvalue weighted by Gasteiger charge is 2.05. The minimum absolute atomic E-state index is 0.0413. The number of carbonyl (C=O) groups excluding carboxylic acids is 1. The number of ketones is 1. The molecule has 4 heteroatoms. The molecule has 1 aromatic carbocycles. The maximum absolute atomic E-state index is 11.1. The first kappa shape index (κ1) is 11.4. The van der Waals surface area contributed by atoms with Crippen LogP contribution in [0.3, 0.4) is 0 Å². The second-order valence-corrected chi connectivity index (χ2v) is 4.58. The molecule has 2 aromatic rings. The Bertz CT molecular complexity index is 510. The highest BCUT2D eigenvalue weighted by atomic mass is 35.5. The number of fused-ring (bicyclic) bond motifs is 1. The van der Waals surface area contributed by atoms with Crippen LogP contribution in [0.15, 0.2) is 41.4 Å². The number of halogens is 1. The largest absolute Gasteiger partial charge is 0.297 e. The smallest absolute Gasteiger partial charge is 0.157 e. The van der Waals surface area contributed by atoms with E-state index in [2.05, 4.69) is 4.98 Å².